The summed E-state index contributed by atoms with van der Waals surface area (Å²) in [5.41, 5.74) is 13.5. The Balaban J connectivity index is 0.930. The predicted molar refractivity (Wildman–Crippen MR) is 341 cm³/mol. The van der Waals surface area contributed by atoms with E-state index in [-0.39, 0.29) is 30.2 Å². The number of aliphatic imine (C=N–C) groups is 2. The summed E-state index contributed by atoms with van der Waals surface area (Å²) < 4.78 is 47.4. The number of guanidine groups is 2. The van der Waals surface area contributed by atoms with E-state index in [0.29, 0.717) is 16.9 Å². The van der Waals surface area contributed by atoms with Crippen LogP contribution in [0.2, 0.25) is 0 Å². The molecule has 26 unspecified atom stereocenters. The molecule has 0 saturated carbocycles. The number of amides is 6. The Morgan fingerprint density at radius 3 is 1.89 bits per heavy atom. The summed E-state index contributed by atoms with van der Waals surface area (Å²) >= 11 is 0. The molecule has 38 nitrogen and oxygen atoms in total. The van der Waals surface area contributed by atoms with Crippen molar-refractivity contribution in [3.05, 3.63) is 95.6 Å². The van der Waals surface area contributed by atoms with Gasteiger partial charge in [0, 0.05) is 17.9 Å². The van der Waals surface area contributed by atoms with E-state index in [4.69, 9.17) is 49.4 Å². The Morgan fingerprint density at radius 2 is 1.23 bits per heavy atom. The van der Waals surface area contributed by atoms with Crippen molar-refractivity contribution in [1.29, 1.82) is 0 Å². The maximum absolute atomic E-state index is 15.3. The first-order valence-corrected chi connectivity index (χ1v) is 32.6. The zero-order chi connectivity index (χ0) is 72.7. The van der Waals surface area contributed by atoms with Gasteiger partial charge in [0.2, 0.25) is 41.7 Å². The number of carbonyl (C=O) groups is 6. The average Bonchev–Trinajstić information content (AvgIpc) is 1.70. The van der Waals surface area contributed by atoms with Crippen LogP contribution in [0.3, 0.4) is 0 Å². The van der Waals surface area contributed by atoms with Gasteiger partial charge in [-0.05, 0) is 41.8 Å². The number of aliphatic hydroxyl groups excluding tert-OH is 12. The maximum Gasteiger partial charge on any atom is 0.246 e. The zero-order valence-corrected chi connectivity index (χ0v) is 54.5. The zero-order valence-electron chi connectivity index (χ0n) is 54.5. The summed E-state index contributed by atoms with van der Waals surface area (Å²) in [5.74, 6) is -8.34. The fraction of sp³-hybridized carbons (Fsp3) is 0.587. The highest BCUT2D eigenvalue weighted by molar-refractivity contribution is 5.98. The lowest BCUT2D eigenvalue weighted by Gasteiger charge is -2.46. The van der Waals surface area contributed by atoms with E-state index in [2.05, 4.69) is 47.2 Å². The minimum absolute atomic E-state index is 0.0410. The molecule has 6 amide bonds. The Labute approximate surface area is 575 Å². The van der Waals surface area contributed by atoms with E-state index in [1.807, 2.05) is 0 Å². The second kappa shape index (κ2) is 33.3. The van der Waals surface area contributed by atoms with Crippen LogP contribution >= 0.6 is 0 Å². The van der Waals surface area contributed by atoms with Gasteiger partial charge in [0.25, 0.3) is 0 Å². The van der Waals surface area contributed by atoms with E-state index in [0.717, 1.165) is 4.90 Å². The van der Waals surface area contributed by atoms with Crippen molar-refractivity contribution in [2.24, 2.45) is 21.5 Å². The van der Waals surface area contributed by atoms with E-state index < -0.39 is 246 Å². The van der Waals surface area contributed by atoms with Crippen molar-refractivity contribution < 1.29 is 128 Å². The summed E-state index contributed by atoms with van der Waals surface area (Å²) in [5, 5.41) is 150. The van der Waals surface area contributed by atoms with E-state index >= 15 is 14.4 Å². The Hall–Kier alpha value is -8.10. The topological polar surface area (TPSA) is 583 Å². The maximum atomic E-state index is 15.3. The number of rotatable bonds is 20. The first kappa shape index (κ1) is 75.6. The summed E-state index contributed by atoms with van der Waals surface area (Å²) in [4.78, 5) is 97.1. The van der Waals surface area contributed by atoms with Gasteiger partial charge >= 0.3 is 0 Å². The molecule has 23 N–H and O–H groups in total. The molecular weight excluding hydrogens is 1340 g/mol. The highest BCUT2D eigenvalue weighted by Gasteiger charge is 2.57. The van der Waals surface area contributed by atoms with Crippen molar-refractivity contribution in [2.75, 3.05) is 53.2 Å². The molecule has 10 rings (SSSR count). The molecule has 5 saturated heterocycles. The molecule has 7 aliphatic heterocycles. The second-order valence-electron chi connectivity index (χ2n) is 25.1. The minimum atomic E-state index is -2.35. The van der Waals surface area contributed by atoms with Crippen LogP contribution in [0.5, 0.6) is 11.5 Å². The molecule has 26 atom stereocenters. The number of carbonyl (C=O) groups excluding carboxylic acids is 6. The molecule has 0 bridgehead atoms. The van der Waals surface area contributed by atoms with Crippen molar-refractivity contribution in [3.63, 3.8) is 0 Å². The fourth-order valence-corrected chi connectivity index (χ4v) is 13.1. The summed E-state index contributed by atoms with van der Waals surface area (Å²) in [7, 11) is 1.47. The molecule has 3 aromatic carbocycles. The highest BCUT2D eigenvalue weighted by atomic mass is 16.8. The molecule has 5 fully saturated rings. The normalized spacial score (nSPS) is 36.2. The number of nitrogens with one attached hydrogen (secondary N) is 7. The van der Waals surface area contributed by atoms with Crippen LogP contribution in [0.15, 0.2) is 88.8 Å². The average molecular weight is 1430 g/mol. The van der Waals surface area contributed by atoms with Gasteiger partial charge in [0.05, 0.1) is 65.3 Å². The van der Waals surface area contributed by atoms with E-state index in [9.17, 15) is 75.7 Å². The van der Waals surface area contributed by atoms with Crippen molar-refractivity contribution in [2.45, 2.75) is 179 Å². The number of methoxy groups -OCH3 is 1. The van der Waals surface area contributed by atoms with Gasteiger partial charge in [-0.1, -0.05) is 61.5 Å². The lowest BCUT2D eigenvalue weighted by atomic mass is 9.88. The van der Waals surface area contributed by atoms with Crippen LogP contribution in [0.1, 0.15) is 42.2 Å². The molecule has 7 heterocycles. The van der Waals surface area contributed by atoms with Crippen LogP contribution < -0.4 is 58.2 Å². The van der Waals surface area contributed by atoms with Gasteiger partial charge < -0.3 is 153 Å². The van der Waals surface area contributed by atoms with E-state index in [1.54, 1.807) is 61.5 Å². The quantitative estimate of drug-likeness (QED) is 0.0499. The SMILES string of the molecule is CCC(c1ccccc1)C1NC(=O)CNC(=O)C(CO)NC(=O)C(C(O)C2CN=C(N)N2C2OC(CO)C(O)C(O)C2O)NC(=O)C(C(O)C2CN=C(N)N2)NC(=O)C(Cc2ccc(OC3OC(CO)C(OC4OC(CO)C(O)C5OC(c6cccc(OC)c6)OC45)C(O)C3O)cc2)NC1=O. The largest absolute Gasteiger partial charge is 0.497 e. The molecular formula is C63H86N12O26. The monoisotopic (exact) mass is 1430 g/mol. The number of benzene rings is 3. The van der Waals surface area contributed by atoms with Gasteiger partial charge in [0.1, 0.15) is 127 Å². The van der Waals surface area contributed by atoms with Gasteiger partial charge in [-0.2, -0.15) is 0 Å². The molecule has 3 aromatic rings. The Morgan fingerprint density at radius 1 is 0.584 bits per heavy atom. The predicted octanol–water partition coefficient (Wildman–Crippen LogP) is -10.5. The van der Waals surface area contributed by atoms with Crippen molar-refractivity contribution in [3.8, 4) is 11.5 Å². The lowest BCUT2D eigenvalue weighted by Crippen LogP contribution is -2.70. The third kappa shape index (κ3) is 16.7. The number of ether oxygens (including phenoxy) is 8. The van der Waals surface area contributed by atoms with Gasteiger partial charge in [-0.15, -0.1) is 0 Å². The Kier molecular flexibility index (Phi) is 24.9. The van der Waals surface area contributed by atoms with Crippen LogP contribution in [0.25, 0.3) is 0 Å². The molecule has 38 heteroatoms. The van der Waals surface area contributed by atoms with Crippen LogP contribution in [0.4, 0.5) is 0 Å². The van der Waals surface area contributed by atoms with E-state index in [1.165, 1.54) is 31.4 Å². The first-order valence-electron chi connectivity index (χ1n) is 32.6. The van der Waals surface area contributed by atoms with Gasteiger partial charge in [-0.25, -0.2) is 0 Å². The number of nitrogens with two attached hydrogens (primary N) is 2. The summed E-state index contributed by atoms with van der Waals surface area (Å²) in [6, 6.07) is 7.88. The number of hydrogen-bond donors (Lipinski definition) is 21. The fourth-order valence-electron chi connectivity index (χ4n) is 13.1. The number of nitrogens with zero attached hydrogens (tertiary/aromatic N) is 3. The smallest absolute Gasteiger partial charge is 0.246 e. The molecule has 101 heavy (non-hydrogen) atoms. The third-order valence-corrected chi connectivity index (χ3v) is 18.6. The number of fused-ring (bicyclic) bond motifs is 1. The minimum Gasteiger partial charge on any atom is -0.497 e. The Bertz CT molecular complexity index is 3420. The van der Waals surface area contributed by atoms with Gasteiger partial charge in [-0.3, -0.25) is 38.8 Å². The molecule has 7 aliphatic rings. The third-order valence-electron chi connectivity index (χ3n) is 18.6. The van der Waals surface area contributed by atoms with Crippen molar-refractivity contribution in [1.82, 2.24) is 42.1 Å². The molecule has 0 radical (unpaired) electrons. The number of aliphatic hydroxyl groups is 12. The second-order valence-corrected chi connectivity index (χ2v) is 25.1. The van der Waals surface area contributed by atoms with Crippen LogP contribution in [-0.4, -0.2) is 313 Å². The van der Waals surface area contributed by atoms with Gasteiger partial charge in [0.15, 0.2) is 30.7 Å². The standard InChI is InChI=1S/C63H86N12O26/c1-3-30(26-8-5-4-6-9-26)39-55(91)69-31(16-25-12-14-28(15-13-25)95-60-49(88)47(86)50(37(24-79)98-60)99-61-52-51(45(84)36(23-78)97-61)100-59(101-52)27-10-7-11-29(17-27)94-2)54(90)73-40(42(81)32-18-67-62(64)71-32)57(93)74-41(56(92)70-33(21-76)53(89)66-20-38(80)72-39)43(82)34-19-68-63(65)75(34)58-48(87)46(85)44(83)35(22-77)96-58/h4-15,17,30-37,39-52,58-61,76-79,81-88H,3,16,18-24H2,1-2H3,(H2,65,68)(H,66,89)(H,69,91)(H,70,92)(H,72,80)(H,73,90)(H,74,93)(H3,64,67,71). The molecule has 0 spiro atoms. The number of hydrogen-bond acceptors (Lipinski definition) is 32. The lowest BCUT2D eigenvalue weighted by molar-refractivity contribution is -0.343. The summed E-state index contributed by atoms with van der Waals surface area (Å²) in [6.07, 6.45) is -30.1. The highest BCUT2D eigenvalue weighted by Crippen LogP contribution is 2.42. The summed E-state index contributed by atoms with van der Waals surface area (Å²) in [6.45, 7) is -3.63. The molecule has 0 aromatic heterocycles. The first-order chi connectivity index (χ1) is 48.4. The van der Waals surface area contributed by atoms with Crippen molar-refractivity contribution >= 4 is 47.4 Å². The molecule has 0 aliphatic carbocycles. The van der Waals surface area contributed by atoms with Crippen LogP contribution in [-0.2, 0) is 63.6 Å². The van der Waals surface area contributed by atoms with Crippen LogP contribution in [0, 0.1) is 0 Å². The molecule has 554 valence electrons.